The molecule has 1 rings (SSSR count). The van der Waals surface area contributed by atoms with Gasteiger partial charge in [0.2, 0.25) is 0 Å². The number of carbonyl (C=O) groups excluding carboxylic acids is 1. The SMILES string of the molecule is C#CC(C)NC(=O)c1ccccc1CCNC. The fraction of sp³-hybridized carbons (Fsp3) is 0.357. The van der Waals surface area contributed by atoms with Crippen molar-refractivity contribution in [1.29, 1.82) is 0 Å². The molecule has 0 radical (unpaired) electrons. The number of amides is 1. The molecule has 0 saturated heterocycles. The van der Waals surface area contributed by atoms with Crippen LogP contribution in [0.1, 0.15) is 22.8 Å². The summed E-state index contributed by atoms with van der Waals surface area (Å²) in [5, 5.41) is 5.84. The molecule has 3 heteroatoms. The van der Waals surface area contributed by atoms with Gasteiger partial charge in [-0.1, -0.05) is 24.1 Å². The molecule has 0 aliphatic rings. The zero-order chi connectivity index (χ0) is 12.7. The highest BCUT2D eigenvalue weighted by Gasteiger charge is 2.11. The van der Waals surface area contributed by atoms with Crippen molar-refractivity contribution in [1.82, 2.24) is 10.6 Å². The van der Waals surface area contributed by atoms with Gasteiger partial charge in [0, 0.05) is 5.56 Å². The van der Waals surface area contributed by atoms with Gasteiger partial charge in [-0.15, -0.1) is 6.42 Å². The molecule has 0 aromatic heterocycles. The summed E-state index contributed by atoms with van der Waals surface area (Å²) in [6.45, 7) is 2.63. The van der Waals surface area contributed by atoms with Gasteiger partial charge in [0.25, 0.3) is 5.91 Å². The fourth-order valence-electron chi connectivity index (χ4n) is 1.54. The molecule has 0 fully saturated rings. The Bertz CT molecular complexity index is 420. The summed E-state index contributed by atoms with van der Waals surface area (Å²) in [7, 11) is 1.89. The molecule has 2 N–H and O–H groups in total. The number of rotatable bonds is 5. The molecule has 0 aliphatic carbocycles. The van der Waals surface area contributed by atoms with Crippen LogP contribution in [0.15, 0.2) is 24.3 Å². The highest BCUT2D eigenvalue weighted by molar-refractivity contribution is 5.96. The van der Waals surface area contributed by atoms with Crippen LogP contribution in [-0.2, 0) is 6.42 Å². The number of benzene rings is 1. The second kappa shape index (κ2) is 6.72. The smallest absolute Gasteiger partial charge is 0.252 e. The van der Waals surface area contributed by atoms with Gasteiger partial charge in [0.1, 0.15) is 0 Å². The molecule has 0 spiro atoms. The van der Waals surface area contributed by atoms with Crippen molar-refractivity contribution in [2.75, 3.05) is 13.6 Å². The quantitative estimate of drug-likeness (QED) is 0.746. The summed E-state index contributed by atoms with van der Waals surface area (Å²) in [5.41, 5.74) is 1.73. The van der Waals surface area contributed by atoms with Gasteiger partial charge in [0.05, 0.1) is 6.04 Å². The predicted octanol–water partition coefficient (Wildman–Crippen LogP) is 1.20. The van der Waals surface area contributed by atoms with Gasteiger partial charge in [-0.3, -0.25) is 4.79 Å². The Morgan fingerprint density at radius 2 is 2.18 bits per heavy atom. The standard InChI is InChI=1S/C14H18N2O/c1-4-11(2)16-14(17)13-8-6-5-7-12(13)9-10-15-3/h1,5-8,11,15H,9-10H2,2-3H3,(H,16,17). The molecular weight excluding hydrogens is 212 g/mol. The normalized spacial score (nSPS) is 11.6. The van der Waals surface area contributed by atoms with Gasteiger partial charge in [-0.2, -0.15) is 0 Å². The molecule has 0 saturated carbocycles. The van der Waals surface area contributed by atoms with E-state index in [9.17, 15) is 4.79 Å². The van der Waals surface area contributed by atoms with Crippen molar-refractivity contribution < 1.29 is 4.79 Å². The number of terminal acetylenes is 1. The van der Waals surface area contributed by atoms with Crippen LogP contribution in [0.5, 0.6) is 0 Å². The Labute approximate surface area is 103 Å². The fourth-order valence-corrected chi connectivity index (χ4v) is 1.54. The molecule has 0 aliphatic heterocycles. The van der Waals surface area contributed by atoms with E-state index in [1.165, 1.54) is 0 Å². The van der Waals surface area contributed by atoms with E-state index < -0.39 is 0 Å². The topological polar surface area (TPSA) is 41.1 Å². The van der Waals surface area contributed by atoms with Crippen LogP contribution in [0.3, 0.4) is 0 Å². The lowest BCUT2D eigenvalue weighted by molar-refractivity contribution is 0.0947. The zero-order valence-electron chi connectivity index (χ0n) is 10.3. The maximum absolute atomic E-state index is 12.0. The average molecular weight is 230 g/mol. The van der Waals surface area contributed by atoms with Crippen LogP contribution in [0.2, 0.25) is 0 Å². The van der Waals surface area contributed by atoms with Crippen LogP contribution in [0, 0.1) is 12.3 Å². The minimum absolute atomic E-state index is 0.109. The summed E-state index contributed by atoms with van der Waals surface area (Å²) < 4.78 is 0. The van der Waals surface area contributed by atoms with Gasteiger partial charge in [-0.05, 0) is 38.6 Å². The zero-order valence-corrected chi connectivity index (χ0v) is 10.3. The van der Waals surface area contributed by atoms with E-state index in [2.05, 4.69) is 16.6 Å². The molecule has 90 valence electrons. The van der Waals surface area contributed by atoms with E-state index in [-0.39, 0.29) is 11.9 Å². The molecule has 1 aromatic rings. The summed E-state index contributed by atoms with van der Waals surface area (Å²) >= 11 is 0. The molecule has 1 amide bonds. The molecule has 17 heavy (non-hydrogen) atoms. The summed E-state index contributed by atoms with van der Waals surface area (Å²) in [4.78, 5) is 12.0. The van der Waals surface area contributed by atoms with E-state index in [1.54, 1.807) is 6.92 Å². The van der Waals surface area contributed by atoms with Gasteiger partial charge < -0.3 is 10.6 Å². The molecule has 0 bridgehead atoms. The molecule has 1 atom stereocenters. The lowest BCUT2D eigenvalue weighted by atomic mass is 10.0. The summed E-state index contributed by atoms with van der Waals surface area (Å²) in [6, 6.07) is 7.33. The largest absolute Gasteiger partial charge is 0.339 e. The van der Waals surface area contributed by atoms with E-state index in [4.69, 9.17) is 6.42 Å². The first-order valence-electron chi connectivity index (χ1n) is 5.68. The first-order valence-corrected chi connectivity index (χ1v) is 5.68. The third-order valence-corrected chi connectivity index (χ3v) is 2.50. The summed E-state index contributed by atoms with van der Waals surface area (Å²) in [6.07, 6.45) is 6.07. The van der Waals surface area contributed by atoms with E-state index in [0.29, 0.717) is 5.56 Å². The molecular formula is C14H18N2O. The van der Waals surface area contributed by atoms with Crippen LogP contribution in [-0.4, -0.2) is 25.5 Å². The Kier molecular flexibility index (Phi) is 5.25. The number of carbonyl (C=O) groups is 1. The minimum atomic E-state index is -0.250. The van der Waals surface area contributed by atoms with Gasteiger partial charge in [0.15, 0.2) is 0 Å². The third-order valence-electron chi connectivity index (χ3n) is 2.50. The number of hydrogen-bond donors (Lipinski definition) is 2. The van der Waals surface area contributed by atoms with E-state index >= 15 is 0 Å². The predicted molar refractivity (Wildman–Crippen MR) is 69.8 cm³/mol. The molecule has 1 aromatic carbocycles. The van der Waals surface area contributed by atoms with Crippen molar-refractivity contribution in [2.45, 2.75) is 19.4 Å². The minimum Gasteiger partial charge on any atom is -0.339 e. The Morgan fingerprint density at radius 3 is 2.82 bits per heavy atom. The van der Waals surface area contributed by atoms with Crippen LogP contribution >= 0.6 is 0 Å². The number of nitrogens with one attached hydrogen (secondary N) is 2. The maximum Gasteiger partial charge on any atom is 0.252 e. The van der Waals surface area contributed by atoms with Crippen molar-refractivity contribution in [3.63, 3.8) is 0 Å². The highest BCUT2D eigenvalue weighted by atomic mass is 16.1. The van der Waals surface area contributed by atoms with Crippen molar-refractivity contribution in [2.24, 2.45) is 0 Å². The number of hydrogen-bond acceptors (Lipinski definition) is 2. The highest BCUT2D eigenvalue weighted by Crippen LogP contribution is 2.09. The molecule has 1 unspecified atom stereocenters. The monoisotopic (exact) mass is 230 g/mol. The molecule has 0 heterocycles. The third kappa shape index (κ3) is 3.93. The van der Waals surface area contributed by atoms with Crippen molar-refractivity contribution in [3.8, 4) is 12.3 Å². The van der Waals surface area contributed by atoms with E-state index in [1.807, 2.05) is 31.3 Å². The van der Waals surface area contributed by atoms with E-state index in [0.717, 1.165) is 18.5 Å². The Morgan fingerprint density at radius 1 is 1.47 bits per heavy atom. The Hall–Kier alpha value is -1.79. The lowest BCUT2D eigenvalue weighted by Crippen LogP contribution is -2.32. The van der Waals surface area contributed by atoms with Crippen molar-refractivity contribution in [3.05, 3.63) is 35.4 Å². The second-order valence-electron chi connectivity index (χ2n) is 3.87. The van der Waals surface area contributed by atoms with Crippen LogP contribution in [0.25, 0.3) is 0 Å². The van der Waals surface area contributed by atoms with Gasteiger partial charge >= 0.3 is 0 Å². The summed E-state index contributed by atoms with van der Waals surface area (Å²) in [5.74, 6) is 2.37. The maximum atomic E-state index is 12.0. The first-order chi connectivity index (χ1) is 8.19. The van der Waals surface area contributed by atoms with Gasteiger partial charge in [-0.25, -0.2) is 0 Å². The first kappa shape index (κ1) is 13.3. The van der Waals surface area contributed by atoms with Crippen molar-refractivity contribution >= 4 is 5.91 Å². The van der Waals surface area contributed by atoms with Crippen LogP contribution < -0.4 is 10.6 Å². The average Bonchev–Trinajstić information content (AvgIpc) is 2.36. The number of likely N-dealkylation sites (N-methyl/N-ethyl adjacent to an activating group) is 1. The van der Waals surface area contributed by atoms with Crippen LogP contribution in [0.4, 0.5) is 0 Å². The second-order valence-corrected chi connectivity index (χ2v) is 3.87. The molecule has 3 nitrogen and oxygen atoms in total. The lowest BCUT2D eigenvalue weighted by Gasteiger charge is -2.11. The Balaban J connectivity index is 2.82.